The summed E-state index contributed by atoms with van der Waals surface area (Å²) in [5.41, 5.74) is 1.90. The van der Waals surface area contributed by atoms with E-state index in [4.69, 9.17) is 4.74 Å². The van der Waals surface area contributed by atoms with Gasteiger partial charge in [0.1, 0.15) is 6.04 Å². The summed E-state index contributed by atoms with van der Waals surface area (Å²) in [6.07, 6.45) is 7.86. The van der Waals surface area contributed by atoms with Crippen molar-refractivity contribution in [2.45, 2.75) is 12.5 Å². The maximum atomic E-state index is 12.8. The predicted molar refractivity (Wildman–Crippen MR) is 99.7 cm³/mol. The van der Waals surface area contributed by atoms with Gasteiger partial charge in [0.2, 0.25) is 5.91 Å². The van der Waals surface area contributed by atoms with Crippen molar-refractivity contribution in [1.29, 1.82) is 0 Å². The Morgan fingerprint density at radius 2 is 1.88 bits per heavy atom. The van der Waals surface area contributed by atoms with Crippen molar-refractivity contribution < 1.29 is 9.53 Å². The highest BCUT2D eigenvalue weighted by atomic mass is 16.5. The van der Waals surface area contributed by atoms with E-state index in [0.717, 1.165) is 37.3 Å². The number of hydrogen-bond acceptors (Lipinski definition) is 6. The molecular formula is C19H25N5O2. The second-order valence-electron chi connectivity index (χ2n) is 6.15. The predicted octanol–water partition coefficient (Wildman–Crippen LogP) is 1.47. The maximum Gasteiger partial charge on any atom is 0.242 e. The van der Waals surface area contributed by atoms with Crippen LogP contribution in [0.1, 0.15) is 18.0 Å². The summed E-state index contributed by atoms with van der Waals surface area (Å²) in [6.45, 7) is 4.19. The molecule has 3 rings (SSSR count). The van der Waals surface area contributed by atoms with Crippen LogP contribution in [-0.4, -0.2) is 60.2 Å². The molecule has 1 amide bonds. The van der Waals surface area contributed by atoms with E-state index in [-0.39, 0.29) is 11.9 Å². The number of amides is 1. The Morgan fingerprint density at radius 3 is 2.58 bits per heavy atom. The van der Waals surface area contributed by atoms with Gasteiger partial charge in [-0.05, 0) is 30.2 Å². The summed E-state index contributed by atoms with van der Waals surface area (Å²) in [7, 11) is 0. The topological polar surface area (TPSA) is 79.4 Å². The number of nitrogens with one attached hydrogen (secondary N) is 2. The Hall–Kier alpha value is -2.51. The standard InChI is InChI=1S/C19H25N5O2/c25-19(23-9-3-8-22-17-5-2-7-21-15-17)18(16-4-1-6-20-14-16)24-10-12-26-13-11-24/h1-2,4-7,14-15,18,22H,3,8-13H2,(H,23,25)/t18-/m0/s1. The van der Waals surface area contributed by atoms with Crippen molar-refractivity contribution in [3.8, 4) is 0 Å². The zero-order chi connectivity index (χ0) is 18.0. The van der Waals surface area contributed by atoms with Crippen molar-refractivity contribution >= 4 is 11.6 Å². The summed E-state index contributed by atoms with van der Waals surface area (Å²) in [6, 6.07) is 7.37. The monoisotopic (exact) mass is 355 g/mol. The van der Waals surface area contributed by atoms with E-state index in [1.807, 2.05) is 24.3 Å². The minimum absolute atomic E-state index is 0.0151. The molecule has 0 unspecified atom stereocenters. The third kappa shape index (κ3) is 5.24. The molecule has 0 bridgehead atoms. The molecule has 2 aromatic rings. The number of hydrogen-bond donors (Lipinski definition) is 2. The Morgan fingerprint density at radius 1 is 1.12 bits per heavy atom. The van der Waals surface area contributed by atoms with E-state index in [1.54, 1.807) is 24.8 Å². The normalized spacial score (nSPS) is 16.0. The number of morpholine rings is 1. The van der Waals surface area contributed by atoms with Crippen LogP contribution in [0.4, 0.5) is 5.69 Å². The third-order valence-corrected chi connectivity index (χ3v) is 4.30. The van der Waals surface area contributed by atoms with Gasteiger partial charge in [-0.2, -0.15) is 0 Å². The highest BCUT2D eigenvalue weighted by Crippen LogP contribution is 2.21. The zero-order valence-electron chi connectivity index (χ0n) is 14.8. The van der Waals surface area contributed by atoms with Crippen LogP contribution in [0.3, 0.4) is 0 Å². The SMILES string of the molecule is O=C(NCCCNc1cccnc1)[C@H](c1cccnc1)N1CCOCC1. The lowest BCUT2D eigenvalue weighted by molar-refractivity contribution is -0.128. The van der Waals surface area contributed by atoms with Gasteiger partial charge in [0, 0.05) is 51.0 Å². The number of carbonyl (C=O) groups is 1. The second kappa shape index (κ2) is 9.84. The van der Waals surface area contributed by atoms with Crippen molar-refractivity contribution in [2.75, 3.05) is 44.7 Å². The first-order valence-corrected chi connectivity index (χ1v) is 8.98. The molecule has 1 saturated heterocycles. The molecule has 3 heterocycles. The molecular weight excluding hydrogens is 330 g/mol. The number of rotatable bonds is 8. The molecule has 7 nitrogen and oxygen atoms in total. The highest BCUT2D eigenvalue weighted by Gasteiger charge is 2.28. The summed E-state index contributed by atoms with van der Waals surface area (Å²) < 4.78 is 5.42. The van der Waals surface area contributed by atoms with Crippen LogP contribution in [-0.2, 0) is 9.53 Å². The van der Waals surface area contributed by atoms with Crippen molar-refractivity contribution in [3.63, 3.8) is 0 Å². The van der Waals surface area contributed by atoms with E-state index in [2.05, 4.69) is 25.5 Å². The first kappa shape index (κ1) is 18.3. The van der Waals surface area contributed by atoms with Crippen LogP contribution >= 0.6 is 0 Å². The van der Waals surface area contributed by atoms with Gasteiger partial charge in [-0.3, -0.25) is 19.7 Å². The molecule has 1 aliphatic heterocycles. The van der Waals surface area contributed by atoms with Crippen LogP contribution in [0.2, 0.25) is 0 Å². The Bertz CT molecular complexity index is 662. The van der Waals surface area contributed by atoms with Crippen LogP contribution in [0.15, 0.2) is 49.1 Å². The Kier molecular flexibility index (Phi) is 6.92. The quantitative estimate of drug-likeness (QED) is 0.698. The number of carbonyl (C=O) groups excluding carboxylic acids is 1. The summed E-state index contributed by atoms with van der Waals surface area (Å²) in [5, 5.41) is 6.35. The van der Waals surface area contributed by atoms with Crippen LogP contribution in [0, 0.1) is 0 Å². The molecule has 1 aliphatic rings. The van der Waals surface area contributed by atoms with Gasteiger partial charge >= 0.3 is 0 Å². The lowest BCUT2D eigenvalue weighted by atomic mass is 10.1. The van der Waals surface area contributed by atoms with E-state index in [9.17, 15) is 4.79 Å². The highest BCUT2D eigenvalue weighted by molar-refractivity contribution is 5.83. The molecule has 2 aromatic heterocycles. The first-order chi connectivity index (χ1) is 12.8. The van der Waals surface area contributed by atoms with Crippen LogP contribution < -0.4 is 10.6 Å². The lowest BCUT2D eigenvalue weighted by Gasteiger charge is -2.33. The minimum Gasteiger partial charge on any atom is -0.384 e. The van der Waals surface area contributed by atoms with E-state index >= 15 is 0 Å². The molecule has 0 aliphatic carbocycles. The average Bonchev–Trinajstić information content (AvgIpc) is 2.70. The van der Waals surface area contributed by atoms with E-state index < -0.39 is 0 Å². The van der Waals surface area contributed by atoms with Crippen molar-refractivity contribution in [1.82, 2.24) is 20.2 Å². The van der Waals surface area contributed by atoms with Crippen LogP contribution in [0.5, 0.6) is 0 Å². The minimum atomic E-state index is -0.320. The summed E-state index contributed by atoms with van der Waals surface area (Å²) in [5.74, 6) is 0.0151. The average molecular weight is 355 g/mol. The van der Waals surface area contributed by atoms with Gasteiger partial charge in [-0.15, -0.1) is 0 Å². The third-order valence-electron chi connectivity index (χ3n) is 4.30. The van der Waals surface area contributed by atoms with Gasteiger partial charge in [0.25, 0.3) is 0 Å². The molecule has 1 fully saturated rings. The fourth-order valence-corrected chi connectivity index (χ4v) is 3.00. The lowest BCUT2D eigenvalue weighted by Crippen LogP contribution is -2.46. The first-order valence-electron chi connectivity index (χ1n) is 8.98. The van der Waals surface area contributed by atoms with Crippen LogP contribution in [0.25, 0.3) is 0 Å². The number of pyridine rings is 2. The largest absolute Gasteiger partial charge is 0.384 e. The number of nitrogens with zero attached hydrogens (tertiary/aromatic N) is 3. The summed E-state index contributed by atoms with van der Waals surface area (Å²) >= 11 is 0. The Balaban J connectivity index is 1.50. The maximum absolute atomic E-state index is 12.8. The fourth-order valence-electron chi connectivity index (χ4n) is 3.00. The summed E-state index contributed by atoms with van der Waals surface area (Å²) in [4.78, 5) is 23.2. The van der Waals surface area contributed by atoms with Gasteiger partial charge in [0.05, 0.1) is 18.9 Å². The second-order valence-corrected chi connectivity index (χ2v) is 6.15. The van der Waals surface area contributed by atoms with E-state index in [0.29, 0.717) is 19.8 Å². The molecule has 26 heavy (non-hydrogen) atoms. The Labute approximate surface area is 153 Å². The molecule has 0 spiro atoms. The smallest absolute Gasteiger partial charge is 0.242 e. The van der Waals surface area contributed by atoms with Gasteiger partial charge in [-0.1, -0.05) is 6.07 Å². The zero-order valence-corrected chi connectivity index (χ0v) is 14.8. The molecule has 1 atom stereocenters. The molecule has 0 saturated carbocycles. The van der Waals surface area contributed by atoms with Crippen molar-refractivity contribution in [2.24, 2.45) is 0 Å². The number of aromatic nitrogens is 2. The molecule has 7 heteroatoms. The number of anilines is 1. The number of ether oxygens (including phenoxy) is 1. The molecule has 2 N–H and O–H groups in total. The van der Waals surface area contributed by atoms with Gasteiger partial charge in [-0.25, -0.2) is 0 Å². The van der Waals surface area contributed by atoms with Crippen molar-refractivity contribution in [3.05, 3.63) is 54.6 Å². The fraction of sp³-hybridized carbons (Fsp3) is 0.421. The molecule has 0 radical (unpaired) electrons. The molecule has 138 valence electrons. The van der Waals surface area contributed by atoms with Gasteiger partial charge in [0.15, 0.2) is 0 Å². The van der Waals surface area contributed by atoms with Gasteiger partial charge < -0.3 is 15.4 Å². The molecule has 0 aromatic carbocycles. The van der Waals surface area contributed by atoms with E-state index in [1.165, 1.54) is 0 Å².